The Kier molecular flexibility index (Phi) is 7.73. The van der Waals surface area contributed by atoms with Gasteiger partial charge in [0, 0.05) is 50.8 Å². The molecule has 0 bridgehead atoms. The number of aromatic nitrogens is 4. The molecule has 3 aliphatic rings. The van der Waals surface area contributed by atoms with Gasteiger partial charge in [0.05, 0.1) is 6.42 Å². The zero-order valence-electron chi connectivity index (χ0n) is 23.1. The van der Waals surface area contributed by atoms with Gasteiger partial charge in [0.15, 0.2) is 11.5 Å². The van der Waals surface area contributed by atoms with Crippen molar-refractivity contribution in [3.8, 4) is 17.4 Å². The van der Waals surface area contributed by atoms with Crippen molar-refractivity contribution in [2.45, 2.75) is 56.5 Å². The van der Waals surface area contributed by atoms with E-state index < -0.39 is 11.4 Å². The van der Waals surface area contributed by atoms with Crippen molar-refractivity contribution in [2.24, 2.45) is 5.73 Å². The number of hydrogen-bond donors (Lipinski definition) is 2. The van der Waals surface area contributed by atoms with Crippen LogP contribution in [0, 0.1) is 0 Å². The number of carbonyl (C=O) groups excluding carboxylic acids is 2. The molecule has 2 aromatic heterocycles. The number of fused-ring (bicyclic) bond motifs is 1. The van der Waals surface area contributed by atoms with Crippen molar-refractivity contribution in [1.29, 1.82) is 0 Å². The number of anilines is 1. The van der Waals surface area contributed by atoms with E-state index in [0.29, 0.717) is 43.6 Å². The summed E-state index contributed by atoms with van der Waals surface area (Å²) in [5.41, 5.74) is 6.08. The molecule has 2 aliphatic heterocycles. The molecule has 41 heavy (non-hydrogen) atoms. The minimum absolute atomic E-state index is 0.0179. The molecular formula is C29H36N8O4. The van der Waals surface area contributed by atoms with Crippen molar-refractivity contribution >= 4 is 17.6 Å². The normalized spacial score (nSPS) is 21.1. The molecule has 0 spiro atoms. The number of rotatable bonds is 9. The number of benzene rings is 1. The van der Waals surface area contributed by atoms with E-state index in [1.165, 1.54) is 6.42 Å². The van der Waals surface area contributed by atoms with Gasteiger partial charge in [0.2, 0.25) is 24.6 Å². The molecule has 6 rings (SSSR count). The molecule has 1 atom stereocenters. The van der Waals surface area contributed by atoms with Gasteiger partial charge < -0.3 is 25.4 Å². The average molecular weight is 561 g/mol. The molecule has 4 heterocycles. The number of nitrogens with one attached hydrogen (secondary N) is 1. The summed E-state index contributed by atoms with van der Waals surface area (Å²) < 4.78 is 12.6. The van der Waals surface area contributed by atoms with E-state index in [2.05, 4.69) is 20.2 Å². The van der Waals surface area contributed by atoms with E-state index in [-0.39, 0.29) is 31.7 Å². The quantitative estimate of drug-likeness (QED) is 0.401. The lowest BCUT2D eigenvalue weighted by atomic mass is 9.83. The van der Waals surface area contributed by atoms with Crippen molar-refractivity contribution in [1.82, 2.24) is 29.7 Å². The molecule has 2 fully saturated rings. The van der Waals surface area contributed by atoms with Gasteiger partial charge in [-0.2, -0.15) is 4.98 Å². The van der Waals surface area contributed by atoms with Crippen LogP contribution in [0.2, 0.25) is 0 Å². The molecule has 1 aromatic carbocycles. The van der Waals surface area contributed by atoms with Crippen LogP contribution in [0.3, 0.4) is 0 Å². The van der Waals surface area contributed by atoms with Crippen LogP contribution < -0.4 is 25.4 Å². The molecule has 12 nitrogen and oxygen atoms in total. The van der Waals surface area contributed by atoms with Gasteiger partial charge >= 0.3 is 0 Å². The van der Waals surface area contributed by atoms with Gasteiger partial charge in [0.1, 0.15) is 17.7 Å². The first-order valence-corrected chi connectivity index (χ1v) is 14.3. The second-order valence-electron chi connectivity index (χ2n) is 11.0. The largest absolute Gasteiger partial charge is 0.454 e. The topological polar surface area (TPSA) is 141 Å². The van der Waals surface area contributed by atoms with Crippen LogP contribution in [-0.2, 0) is 16.0 Å². The van der Waals surface area contributed by atoms with E-state index in [1.807, 2.05) is 29.2 Å². The van der Waals surface area contributed by atoms with Gasteiger partial charge in [-0.3, -0.25) is 19.1 Å². The number of ether oxygens (including phenoxy) is 2. The Labute approximate surface area is 238 Å². The van der Waals surface area contributed by atoms with E-state index in [9.17, 15) is 9.59 Å². The smallest absolute Gasteiger partial charge is 0.240 e. The number of imidazole rings is 1. The third-order valence-corrected chi connectivity index (χ3v) is 8.40. The summed E-state index contributed by atoms with van der Waals surface area (Å²) >= 11 is 0. The highest BCUT2D eigenvalue weighted by Crippen LogP contribution is 2.35. The Hall–Kier alpha value is -4.19. The molecular weight excluding hydrogens is 524 g/mol. The first-order valence-electron chi connectivity index (χ1n) is 14.3. The second kappa shape index (κ2) is 11.7. The van der Waals surface area contributed by atoms with Crippen molar-refractivity contribution in [3.63, 3.8) is 0 Å². The predicted molar refractivity (Wildman–Crippen MR) is 151 cm³/mol. The Balaban J connectivity index is 1.20. The first kappa shape index (κ1) is 27.0. The summed E-state index contributed by atoms with van der Waals surface area (Å²) in [6, 6.07) is 7.82. The molecule has 216 valence electrons. The van der Waals surface area contributed by atoms with Crippen LogP contribution in [0.4, 0.5) is 5.82 Å². The van der Waals surface area contributed by atoms with Crippen LogP contribution in [0.15, 0.2) is 49.2 Å². The fourth-order valence-electron chi connectivity index (χ4n) is 6.30. The Bertz CT molecular complexity index is 1380. The summed E-state index contributed by atoms with van der Waals surface area (Å²) in [6.07, 6.45) is 12.8. The van der Waals surface area contributed by atoms with Crippen LogP contribution >= 0.6 is 0 Å². The van der Waals surface area contributed by atoms with E-state index >= 15 is 0 Å². The zero-order valence-corrected chi connectivity index (χ0v) is 23.1. The van der Waals surface area contributed by atoms with Crippen LogP contribution in [0.5, 0.6) is 11.5 Å². The number of hydrogen-bond acceptors (Lipinski definition) is 9. The number of piperazine rings is 1. The minimum Gasteiger partial charge on any atom is -0.454 e. The number of primary amides is 1. The predicted octanol–water partition coefficient (Wildman–Crippen LogP) is 1.82. The molecule has 1 unspecified atom stereocenters. The molecule has 1 aliphatic carbocycles. The minimum atomic E-state index is -1.16. The summed E-state index contributed by atoms with van der Waals surface area (Å²) in [7, 11) is 0. The average Bonchev–Trinajstić information content (AvgIpc) is 3.70. The molecule has 2 amide bonds. The summed E-state index contributed by atoms with van der Waals surface area (Å²) in [5, 5.41) is 3.03. The molecule has 0 radical (unpaired) electrons. The summed E-state index contributed by atoms with van der Waals surface area (Å²) in [6.45, 7) is 2.20. The summed E-state index contributed by atoms with van der Waals surface area (Å²) in [5.74, 6) is 1.93. The van der Waals surface area contributed by atoms with Gasteiger partial charge in [-0.1, -0.05) is 25.3 Å². The van der Waals surface area contributed by atoms with Crippen LogP contribution in [0.25, 0.3) is 5.95 Å². The highest BCUT2D eigenvalue weighted by Gasteiger charge is 2.51. The molecule has 1 saturated carbocycles. The van der Waals surface area contributed by atoms with Gasteiger partial charge in [-0.05, 0) is 43.0 Å². The van der Waals surface area contributed by atoms with Gasteiger partial charge in [-0.15, -0.1) is 0 Å². The third-order valence-electron chi connectivity index (χ3n) is 8.40. The Morgan fingerprint density at radius 2 is 1.93 bits per heavy atom. The highest BCUT2D eigenvalue weighted by atomic mass is 16.7. The van der Waals surface area contributed by atoms with Gasteiger partial charge in [0.25, 0.3) is 0 Å². The maximum absolute atomic E-state index is 13.4. The maximum Gasteiger partial charge on any atom is 0.240 e. The number of nitrogens with zero attached hydrogens (tertiary/aromatic N) is 6. The van der Waals surface area contributed by atoms with Gasteiger partial charge in [-0.25, -0.2) is 9.97 Å². The molecule has 1 saturated heterocycles. The molecule has 3 aromatic rings. The lowest BCUT2D eigenvalue weighted by Crippen LogP contribution is -2.71. The van der Waals surface area contributed by atoms with E-state index in [1.54, 1.807) is 29.5 Å². The molecule has 3 N–H and O–H groups in total. The SMILES string of the molecule is NC(=O)C1(CC(=O)NCCc2ccc3c(c2)OCO3)CN(c2ccnc(-n3ccnc3)n2)CCN1C1CCCCC1. The first-order chi connectivity index (χ1) is 20.0. The second-order valence-corrected chi connectivity index (χ2v) is 11.0. The van der Waals surface area contributed by atoms with E-state index in [0.717, 1.165) is 37.0 Å². The number of amides is 2. The van der Waals surface area contributed by atoms with Crippen LogP contribution in [-0.4, -0.2) is 80.8 Å². The fraction of sp³-hybridized carbons (Fsp3) is 0.483. The van der Waals surface area contributed by atoms with Crippen LogP contribution in [0.1, 0.15) is 44.1 Å². The van der Waals surface area contributed by atoms with Crippen molar-refractivity contribution < 1.29 is 19.1 Å². The number of nitrogens with two attached hydrogens (primary N) is 1. The standard InChI is InChI=1S/C29H36N8O4/c30-27(39)29(17-26(38)32-10-8-21-6-7-23-24(16-21)41-20-40-23)18-35(14-15-37(29)22-4-2-1-3-5-22)25-9-11-33-28(34-25)36-13-12-31-19-36/h6-7,9,11-13,16,19,22H,1-5,8,10,14-15,17-18,20H2,(H2,30,39)(H,32,38). The molecule has 12 heteroatoms. The highest BCUT2D eigenvalue weighted by molar-refractivity contribution is 5.92. The lowest BCUT2D eigenvalue weighted by Gasteiger charge is -2.52. The van der Waals surface area contributed by atoms with E-state index in [4.69, 9.17) is 20.2 Å². The zero-order chi connectivity index (χ0) is 28.2. The summed E-state index contributed by atoms with van der Waals surface area (Å²) in [4.78, 5) is 44.3. The monoisotopic (exact) mass is 560 g/mol. The Morgan fingerprint density at radius 1 is 1.07 bits per heavy atom. The Morgan fingerprint density at radius 3 is 2.73 bits per heavy atom. The maximum atomic E-state index is 13.4. The number of carbonyl (C=O) groups is 2. The fourth-order valence-corrected chi connectivity index (χ4v) is 6.30. The van der Waals surface area contributed by atoms with Crippen molar-refractivity contribution in [3.05, 3.63) is 54.7 Å². The third kappa shape index (κ3) is 5.69. The lowest BCUT2D eigenvalue weighted by molar-refractivity contribution is -0.140. The van der Waals surface area contributed by atoms with Crippen molar-refractivity contribution in [2.75, 3.05) is 37.9 Å².